The molecule has 17 heavy (non-hydrogen) atoms. The molecule has 0 radical (unpaired) electrons. The van der Waals surface area contributed by atoms with Gasteiger partial charge in [0.25, 0.3) is 0 Å². The molecule has 0 aliphatic rings. The van der Waals surface area contributed by atoms with E-state index in [2.05, 4.69) is 4.98 Å². The third-order valence-corrected chi connectivity index (χ3v) is 2.61. The second-order valence-corrected chi connectivity index (χ2v) is 3.90. The Morgan fingerprint density at radius 2 is 2.24 bits per heavy atom. The fourth-order valence-corrected chi connectivity index (χ4v) is 1.40. The molecule has 0 bridgehead atoms. The van der Waals surface area contributed by atoms with Gasteiger partial charge in [-0.05, 0) is 20.8 Å². The Kier molecular flexibility index (Phi) is 4.65. The number of aromatic nitrogens is 2. The number of imidazole rings is 1. The molecule has 3 atom stereocenters. The standard InChI is InChI=1S/C11H18N2O4/c1-4-13-6-12-5-9(13)10(11(15)16)17-8(3)7(2)14/h5-8,10,14H,4H2,1-3H3,(H,15,16). The highest BCUT2D eigenvalue weighted by Crippen LogP contribution is 2.20. The molecule has 0 spiro atoms. The van der Waals surface area contributed by atoms with Crippen molar-refractivity contribution in [3.05, 3.63) is 18.2 Å². The zero-order valence-corrected chi connectivity index (χ0v) is 10.2. The van der Waals surface area contributed by atoms with Crippen LogP contribution < -0.4 is 0 Å². The molecule has 1 heterocycles. The van der Waals surface area contributed by atoms with Gasteiger partial charge >= 0.3 is 5.97 Å². The lowest BCUT2D eigenvalue weighted by Crippen LogP contribution is -2.29. The summed E-state index contributed by atoms with van der Waals surface area (Å²) in [6.07, 6.45) is 0.631. The molecule has 0 saturated carbocycles. The van der Waals surface area contributed by atoms with Gasteiger partial charge in [-0.25, -0.2) is 9.78 Å². The summed E-state index contributed by atoms with van der Waals surface area (Å²) < 4.78 is 7.05. The molecule has 0 amide bonds. The molecule has 1 rings (SSSR count). The first-order valence-electron chi connectivity index (χ1n) is 5.53. The number of aliphatic carboxylic acids is 1. The number of carboxylic acids is 1. The quantitative estimate of drug-likeness (QED) is 0.771. The highest BCUT2D eigenvalue weighted by atomic mass is 16.5. The van der Waals surface area contributed by atoms with Crippen molar-refractivity contribution in [1.82, 2.24) is 9.55 Å². The third kappa shape index (κ3) is 3.28. The Morgan fingerprint density at radius 3 is 2.71 bits per heavy atom. The summed E-state index contributed by atoms with van der Waals surface area (Å²) in [6.45, 7) is 5.70. The summed E-state index contributed by atoms with van der Waals surface area (Å²) in [5.41, 5.74) is 0.479. The Balaban J connectivity index is 2.90. The van der Waals surface area contributed by atoms with Crippen molar-refractivity contribution in [2.45, 2.75) is 45.6 Å². The van der Waals surface area contributed by atoms with Gasteiger partial charge in [-0.3, -0.25) is 0 Å². The van der Waals surface area contributed by atoms with E-state index in [0.717, 1.165) is 0 Å². The molecule has 0 aliphatic carbocycles. The summed E-state index contributed by atoms with van der Waals surface area (Å²) >= 11 is 0. The minimum Gasteiger partial charge on any atom is -0.479 e. The average molecular weight is 242 g/mol. The Hall–Kier alpha value is -1.40. The minimum atomic E-state index is -1.11. The van der Waals surface area contributed by atoms with Crippen LogP contribution in [0.5, 0.6) is 0 Å². The van der Waals surface area contributed by atoms with E-state index in [0.29, 0.717) is 12.2 Å². The van der Waals surface area contributed by atoms with Gasteiger partial charge in [0.15, 0.2) is 6.10 Å². The summed E-state index contributed by atoms with van der Waals surface area (Å²) in [6, 6.07) is 0. The molecule has 3 unspecified atom stereocenters. The number of rotatable bonds is 6. The second-order valence-electron chi connectivity index (χ2n) is 3.90. The van der Waals surface area contributed by atoms with Crippen molar-refractivity contribution in [3.63, 3.8) is 0 Å². The van der Waals surface area contributed by atoms with Crippen LogP contribution in [0.1, 0.15) is 32.6 Å². The number of carbonyl (C=O) groups is 1. The van der Waals surface area contributed by atoms with E-state index < -0.39 is 24.3 Å². The zero-order chi connectivity index (χ0) is 13.0. The van der Waals surface area contributed by atoms with E-state index in [1.165, 1.54) is 6.20 Å². The maximum atomic E-state index is 11.2. The molecular formula is C11H18N2O4. The van der Waals surface area contributed by atoms with E-state index >= 15 is 0 Å². The predicted molar refractivity (Wildman–Crippen MR) is 60.5 cm³/mol. The number of aryl methyl sites for hydroxylation is 1. The highest BCUT2D eigenvalue weighted by Gasteiger charge is 2.27. The van der Waals surface area contributed by atoms with Gasteiger partial charge in [-0.1, -0.05) is 0 Å². The van der Waals surface area contributed by atoms with Gasteiger partial charge in [-0.2, -0.15) is 0 Å². The van der Waals surface area contributed by atoms with Gasteiger partial charge in [0.05, 0.1) is 30.4 Å². The second kappa shape index (κ2) is 5.79. The molecule has 2 N–H and O–H groups in total. The molecule has 6 heteroatoms. The van der Waals surface area contributed by atoms with E-state index in [1.54, 1.807) is 24.7 Å². The van der Waals surface area contributed by atoms with E-state index in [9.17, 15) is 9.90 Å². The summed E-state index contributed by atoms with van der Waals surface area (Å²) in [5.74, 6) is -1.09. The van der Waals surface area contributed by atoms with Crippen LogP contribution in [0.15, 0.2) is 12.5 Å². The largest absolute Gasteiger partial charge is 0.479 e. The lowest BCUT2D eigenvalue weighted by atomic mass is 10.2. The molecule has 0 aromatic carbocycles. The molecule has 96 valence electrons. The Bertz CT molecular complexity index is 375. The summed E-state index contributed by atoms with van der Waals surface area (Å²) in [5, 5.41) is 18.5. The molecule has 0 aliphatic heterocycles. The van der Waals surface area contributed by atoms with Gasteiger partial charge in [-0.15, -0.1) is 0 Å². The SMILES string of the molecule is CCn1cncc1C(OC(C)C(C)O)C(=O)O. The Labute approximate surface area is 99.9 Å². The summed E-state index contributed by atoms with van der Waals surface area (Å²) in [7, 11) is 0. The zero-order valence-electron chi connectivity index (χ0n) is 10.2. The van der Waals surface area contributed by atoms with E-state index in [1.807, 2.05) is 6.92 Å². The van der Waals surface area contributed by atoms with Crippen LogP contribution in [0.25, 0.3) is 0 Å². The number of hydrogen-bond donors (Lipinski definition) is 2. The van der Waals surface area contributed by atoms with Crippen molar-refractivity contribution in [2.75, 3.05) is 0 Å². The fourth-order valence-electron chi connectivity index (χ4n) is 1.40. The van der Waals surface area contributed by atoms with Gasteiger partial charge < -0.3 is 19.5 Å². The van der Waals surface area contributed by atoms with Crippen molar-refractivity contribution < 1.29 is 19.7 Å². The lowest BCUT2D eigenvalue weighted by molar-refractivity contribution is -0.159. The predicted octanol–water partition coefficient (Wildman–Crippen LogP) is 0.815. The van der Waals surface area contributed by atoms with Crippen molar-refractivity contribution >= 4 is 5.97 Å². The first kappa shape index (κ1) is 13.7. The number of nitrogens with zero attached hydrogens (tertiary/aromatic N) is 2. The highest BCUT2D eigenvalue weighted by molar-refractivity contribution is 5.73. The molecule has 1 aromatic heterocycles. The van der Waals surface area contributed by atoms with Crippen molar-refractivity contribution in [3.8, 4) is 0 Å². The number of hydrogen-bond acceptors (Lipinski definition) is 4. The van der Waals surface area contributed by atoms with Crippen LogP contribution in [-0.4, -0.2) is 37.9 Å². The first-order valence-corrected chi connectivity index (χ1v) is 5.53. The first-order chi connectivity index (χ1) is 7.97. The van der Waals surface area contributed by atoms with Gasteiger partial charge in [0.2, 0.25) is 0 Å². The molecule has 1 aromatic rings. The molecule has 0 saturated heterocycles. The maximum absolute atomic E-state index is 11.2. The van der Waals surface area contributed by atoms with Crippen LogP contribution in [0.4, 0.5) is 0 Å². The normalized spacial score (nSPS) is 16.5. The number of carboxylic acid groups (broad SMARTS) is 1. The molecular weight excluding hydrogens is 224 g/mol. The van der Waals surface area contributed by atoms with E-state index in [-0.39, 0.29) is 0 Å². The maximum Gasteiger partial charge on any atom is 0.339 e. The molecule has 0 fully saturated rings. The summed E-state index contributed by atoms with van der Waals surface area (Å²) in [4.78, 5) is 15.1. The fraction of sp³-hybridized carbons (Fsp3) is 0.636. The third-order valence-electron chi connectivity index (χ3n) is 2.61. The van der Waals surface area contributed by atoms with Crippen molar-refractivity contribution in [2.24, 2.45) is 0 Å². The van der Waals surface area contributed by atoms with Crippen LogP contribution >= 0.6 is 0 Å². The van der Waals surface area contributed by atoms with Crippen molar-refractivity contribution in [1.29, 1.82) is 0 Å². The van der Waals surface area contributed by atoms with Crippen LogP contribution in [-0.2, 0) is 16.1 Å². The van der Waals surface area contributed by atoms with Crippen LogP contribution in [0.2, 0.25) is 0 Å². The topological polar surface area (TPSA) is 84.6 Å². The monoisotopic (exact) mass is 242 g/mol. The number of ether oxygens (including phenoxy) is 1. The van der Waals surface area contributed by atoms with Crippen LogP contribution in [0.3, 0.4) is 0 Å². The van der Waals surface area contributed by atoms with E-state index in [4.69, 9.17) is 9.84 Å². The molecule has 6 nitrogen and oxygen atoms in total. The smallest absolute Gasteiger partial charge is 0.339 e. The van der Waals surface area contributed by atoms with Gasteiger partial charge in [0.1, 0.15) is 0 Å². The average Bonchev–Trinajstić information content (AvgIpc) is 2.72. The minimum absolute atomic E-state index is 0.479. The number of aliphatic hydroxyl groups is 1. The Morgan fingerprint density at radius 1 is 1.59 bits per heavy atom. The lowest BCUT2D eigenvalue weighted by Gasteiger charge is -2.21. The van der Waals surface area contributed by atoms with Crippen LogP contribution in [0, 0.1) is 0 Å². The van der Waals surface area contributed by atoms with Gasteiger partial charge in [0, 0.05) is 6.54 Å². The number of aliphatic hydroxyl groups excluding tert-OH is 1.